The molecule has 4 nitrogen and oxygen atoms in total. The molecule has 0 aliphatic carbocycles. The first-order valence-electron chi connectivity index (χ1n) is 6.13. The van der Waals surface area contributed by atoms with Crippen LogP contribution in [0.1, 0.15) is 29.8 Å². The molecule has 1 aromatic rings. The summed E-state index contributed by atoms with van der Waals surface area (Å²) in [4.78, 5) is 14.2. The molecular formula is C14H22N2O2. The van der Waals surface area contributed by atoms with Crippen molar-refractivity contribution in [3.63, 3.8) is 0 Å². The second-order valence-electron chi connectivity index (χ2n) is 4.66. The summed E-state index contributed by atoms with van der Waals surface area (Å²) in [5.41, 5.74) is 8.07. The highest BCUT2D eigenvalue weighted by atomic mass is 16.5. The number of amides is 1. The zero-order chi connectivity index (χ0) is 13.7. The molecule has 0 radical (unpaired) electrons. The molecule has 1 aromatic carbocycles. The molecule has 0 aliphatic rings. The van der Waals surface area contributed by atoms with Crippen molar-refractivity contribution in [2.24, 2.45) is 0 Å². The number of carbonyl (C=O) groups excluding carboxylic acids is 1. The fraction of sp³-hybridized carbons (Fsp3) is 0.500. The van der Waals surface area contributed by atoms with Crippen LogP contribution in [0.2, 0.25) is 0 Å². The van der Waals surface area contributed by atoms with E-state index in [1.807, 2.05) is 26.8 Å². The Morgan fingerprint density at radius 1 is 1.44 bits per heavy atom. The van der Waals surface area contributed by atoms with Crippen molar-refractivity contribution in [1.82, 2.24) is 4.90 Å². The van der Waals surface area contributed by atoms with Gasteiger partial charge in [-0.3, -0.25) is 4.79 Å². The maximum absolute atomic E-state index is 12.4. The Kier molecular flexibility index (Phi) is 5.16. The van der Waals surface area contributed by atoms with Gasteiger partial charge >= 0.3 is 0 Å². The molecule has 0 saturated carbocycles. The number of methoxy groups -OCH3 is 1. The van der Waals surface area contributed by atoms with E-state index in [1.54, 1.807) is 24.1 Å². The lowest BCUT2D eigenvalue weighted by molar-refractivity contribution is 0.0635. The quantitative estimate of drug-likeness (QED) is 0.814. The van der Waals surface area contributed by atoms with Gasteiger partial charge in [0.15, 0.2) is 0 Å². The Labute approximate surface area is 109 Å². The molecular weight excluding hydrogens is 228 g/mol. The third-order valence-corrected chi connectivity index (χ3v) is 2.94. The average Bonchev–Trinajstić information content (AvgIpc) is 2.32. The van der Waals surface area contributed by atoms with Crippen LogP contribution in [-0.4, -0.2) is 37.1 Å². The van der Waals surface area contributed by atoms with Crippen molar-refractivity contribution >= 4 is 11.6 Å². The smallest absolute Gasteiger partial charge is 0.254 e. The summed E-state index contributed by atoms with van der Waals surface area (Å²) in [5, 5.41) is 0. The Bertz CT molecular complexity index is 416. The van der Waals surface area contributed by atoms with E-state index in [9.17, 15) is 4.79 Å². The molecule has 1 rings (SSSR count). The van der Waals surface area contributed by atoms with Gasteiger partial charge < -0.3 is 15.4 Å². The van der Waals surface area contributed by atoms with Crippen LogP contribution in [0.5, 0.6) is 0 Å². The average molecular weight is 250 g/mol. The molecule has 0 fully saturated rings. The summed E-state index contributed by atoms with van der Waals surface area (Å²) in [7, 11) is 1.64. The van der Waals surface area contributed by atoms with E-state index in [4.69, 9.17) is 10.5 Å². The van der Waals surface area contributed by atoms with E-state index >= 15 is 0 Å². The number of aryl methyl sites for hydroxylation is 1. The van der Waals surface area contributed by atoms with Gasteiger partial charge in [-0.2, -0.15) is 0 Å². The molecule has 2 N–H and O–H groups in total. The van der Waals surface area contributed by atoms with E-state index in [2.05, 4.69) is 0 Å². The Morgan fingerprint density at radius 2 is 2.11 bits per heavy atom. The summed E-state index contributed by atoms with van der Waals surface area (Å²) in [6, 6.07) is 5.52. The predicted octanol–water partition coefficient (Wildman–Crippen LogP) is 2.07. The minimum absolute atomic E-state index is 0.0187. The number of nitrogens with two attached hydrogens (primary N) is 1. The SMILES string of the molecule is COCCN(C(=O)c1ccc(N)c(C)c1)C(C)C. The molecule has 0 spiro atoms. The Morgan fingerprint density at radius 3 is 2.61 bits per heavy atom. The van der Waals surface area contributed by atoms with E-state index in [-0.39, 0.29) is 11.9 Å². The normalized spacial score (nSPS) is 10.7. The zero-order valence-corrected chi connectivity index (χ0v) is 11.6. The van der Waals surface area contributed by atoms with Crippen LogP contribution in [0.15, 0.2) is 18.2 Å². The highest BCUT2D eigenvalue weighted by molar-refractivity contribution is 5.95. The van der Waals surface area contributed by atoms with Crippen LogP contribution in [0.4, 0.5) is 5.69 Å². The zero-order valence-electron chi connectivity index (χ0n) is 11.6. The highest BCUT2D eigenvalue weighted by Crippen LogP contribution is 2.15. The number of hydrogen-bond acceptors (Lipinski definition) is 3. The second kappa shape index (κ2) is 6.40. The summed E-state index contributed by atoms with van der Waals surface area (Å²) in [5.74, 6) is 0.0187. The first-order valence-corrected chi connectivity index (χ1v) is 6.13. The third-order valence-electron chi connectivity index (χ3n) is 2.94. The summed E-state index contributed by atoms with van der Waals surface area (Å²) in [6.45, 7) is 7.03. The molecule has 0 bridgehead atoms. The van der Waals surface area contributed by atoms with Crippen LogP contribution in [-0.2, 0) is 4.74 Å². The number of ether oxygens (including phenoxy) is 1. The summed E-state index contributed by atoms with van der Waals surface area (Å²) in [6.07, 6.45) is 0. The van der Waals surface area contributed by atoms with Crippen molar-refractivity contribution in [3.05, 3.63) is 29.3 Å². The number of nitrogen functional groups attached to an aromatic ring is 1. The van der Waals surface area contributed by atoms with E-state index in [0.29, 0.717) is 24.4 Å². The van der Waals surface area contributed by atoms with Gasteiger partial charge in [0.1, 0.15) is 0 Å². The molecule has 0 aromatic heterocycles. The number of benzene rings is 1. The van der Waals surface area contributed by atoms with Gasteiger partial charge in [-0.05, 0) is 44.5 Å². The summed E-state index contributed by atoms with van der Waals surface area (Å²) >= 11 is 0. The maximum atomic E-state index is 12.4. The van der Waals surface area contributed by atoms with Crippen LogP contribution in [0, 0.1) is 6.92 Å². The molecule has 100 valence electrons. The standard InChI is InChI=1S/C14H22N2O2/c1-10(2)16(7-8-18-4)14(17)12-5-6-13(15)11(3)9-12/h5-6,9-10H,7-8,15H2,1-4H3. The minimum Gasteiger partial charge on any atom is -0.399 e. The Hall–Kier alpha value is -1.55. The second-order valence-corrected chi connectivity index (χ2v) is 4.66. The lowest BCUT2D eigenvalue weighted by Gasteiger charge is -2.26. The molecule has 1 amide bonds. The first kappa shape index (κ1) is 14.5. The van der Waals surface area contributed by atoms with Gasteiger partial charge in [0.2, 0.25) is 0 Å². The van der Waals surface area contributed by atoms with Crippen molar-refractivity contribution in [2.45, 2.75) is 26.8 Å². The van der Waals surface area contributed by atoms with Crippen LogP contribution in [0.3, 0.4) is 0 Å². The van der Waals surface area contributed by atoms with Gasteiger partial charge in [-0.1, -0.05) is 0 Å². The highest BCUT2D eigenvalue weighted by Gasteiger charge is 2.18. The first-order chi connectivity index (χ1) is 8.47. The number of anilines is 1. The molecule has 0 heterocycles. The lowest BCUT2D eigenvalue weighted by Crippen LogP contribution is -2.39. The fourth-order valence-electron chi connectivity index (χ4n) is 1.76. The number of nitrogens with zero attached hydrogens (tertiary/aromatic N) is 1. The molecule has 18 heavy (non-hydrogen) atoms. The van der Waals surface area contributed by atoms with Gasteiger partial charge in [0.25, 0.3) is 5.91 Å². The topological polar surface area (TPSA) is 55.6 Å². The third kappa shape index (κ3) is 3.47. The van der Waals surface area contributed by atoms with Crippen molar-refractivity contribution in [3.8, 4) is 0 Å². The Balaban J connectivity index is 2.91. The van der Waals surface area contributed by atoms with Crippen LogP contribution >= 0.6 is 0 Å². The van der Waals surface area contributed by atoms with Gasteiger partial charge in [-0.15, -0.1) is 0 Å². The largest absolute Gasteiger partial charge is 0.399 e. The van der Waals surface area contributed by atoms with E-state index < -0.39 is 0 Å². The number of hydrogen-bond donors (Lipinski definition) is 1. The summed E-state index contributed by atoms with van der Waals surface area (Å²) < 4.78 is 5.04. The minimum atomic E-state index is 0.0187. The molecule has 0 saturated heterocycles. The van der Waals surface area contributed by atoms with Crippen molar-refractivity contribution in [2.75, 3.05) is 26.0 Å². The van der Waals surface area contributed by atoms with E-state index in [1.165, 1.54) is 0 Å². The van der Waals surface area contributed by atoms with Crippen molar-refractivity contribution < 1.29 is 9.53 Å². The lowest BCUT2D eigenvalue weighted by atomic mass is 10.1. The number of carbonyl (C=O) groups is 1. The van der Waals surface area contributed by atoms with Crippen molar-refractivity contribution in [1.29, 1.82) is 0 Å². The van der Waals surface area contributed by atoms with Crippen LogP contribution in [0.25, 0.3) is 0 Å². The van der Waals surface area contributed by atoms with Gasteiger partial charge in [-0.25, -0.2) is 0 Å². The van der Waals surface area contributed by atoms with E-state index in [0.717, 1.165) is 5.56 Å². The monoisotopic (exact) mass is 250 g/mol. The molecule has 0 aliphatic heterocycles. The maximum Gasteiger partial charge on any atom is 0.254 e. The molecule has 4 heteroatoms. The molecule has 0 unspecified atom stereocenters. The molecule has 0 atom stereocenters. The predicted molar refractivity (Wildman–Crippen MR) is 73.6 cm³/mol. The van der Waals surface area contributed by atoms with Crippen LogP contribution < -0.4 is 5.73 Å². The number of rotatable bonds is 5. The fourth-order valence-corrected chi connectivity index (χ4v) is 1.76. The van der Waals surface area contributed by atoms with Gasteiger partial charge in [0.05, 0.1) is 6.61 Å². The van der Waals surface area contributed by atoms with Gasteiger partial charge in [0, 0.05) is 30.9 Å².